The normalized spacial score (nSPS) is 10.2. The molecule has 0 saturated heterocycles. The SMILES string of the molecule is CCCCCCCC.CCCCCCCC.O=P(O)(O)O. The van der Waals surface area contributed by atoms with Gasteiger partial charge in [0.2, 0.25) is 0 Å². The zero-order valence-corrected chi connectivity index (χ0v) is 15.6. The highest BCUT2D eigenvalue weighted by atomic mass is 31.2. The van der Waals surface area contributed by atoms with Crippen molar-refractivity contribution in [2.45, 2.75) is 105 Å². The maximum atomic E-state index is 8.88. The molecule has 0 bridgehead atoms. The predicted octanol–water partition coefficient (Wildman–Crippen LogP) is 5.81. The minimum atomic E-state index is -4.64. The van der Waals surface area contributed by atoms with Crippen LogP contribution < -0.4 is 0 Å². The Morgan fingerprint density at radius 2 is 0.667 bits per heavy atom. The fourth-order valence-electron chi connectivity index (χ4n) is 1.71. The summed E-state index contributed by atoms with van der Waals surface area (Å²) in [5, 5.41) is 0. The van der Waals surface area contributed by atoms with E-state index in [9.17, 15) is 0 Å². The molecular weight excluding hydrogens is 287 g/mol. The Morgan fingerprint density at radius 3 is 0.762 bits per heavy atom. The van der Waals surface area contributed by atoms with Crippen molar-refractivity contribution in [2.75, 3.05) is 0 Å². The van der Waals surface area contributed by atoms with E-state index in [4.69, 9.17) is 19.2 Å². The Hall–Kier alpha value is 0.110. The topological polar surface area (TPSA) is 77.8 Å². The van der Waals surface area contributed by atoms with Gasteiger partial charge in [0.1, 0.15) is 0 Å². The Morgan fingerprint density at radius 1 is 0.524 bits per heavy atom. The fraction of sp³-hybridized carbons (Fsp3) is 1.00. The standard InChI is InChI=1S/2C8H18.H3O4P/c2*1-3-5-7-8-6-4-2;1-5(2,3)4/h2*3-8H2,1-2H3;(H3,1,2,3,4). The van der Waals surface area contributed by atoms with E-state index >= 15 is 0 Å². The molecule has 0 aromatic heterocycles. The number of hydrogen-bond donors (Lipinski definition) is 3. The summed E-state index contributed by atoms with van der Waals surface area (Å²) in [6.45, 7) is 9.02. The van der Waals surface area contributed by atoms with Gasteiger partial charge in [-0.15, -0.1) is 0 Å². The fourth-order valence-corrected chi connectivity index (χ4v) is 1.71. The molecule has 0 spiro atoms. The summed E-state index contributed by atoms with van der Waals surface area (Å²) in [6.07, 6.45) is 17.0. The van der Waals surface area contributed by atoms with Crippen LogP contribution in [0.5, 0.6) is 0 Å². The molecule has 0 radical (unpaired) electrons. The van der Waals surface area contributed by atoms with Gasteiger partial charge in [0.25, 0.3) is 0 Å². The molecule has 0 aromatic carbocycles. The minimum absolute atomic E-state index is 1.36. The summed E-state index contributed by atoms with van der Waals surface area (Å²) in [4.78, 5) is 21.6. The van der Waals surface area contributed by atoms with Gasteiger partial charge < -0.3 is 14.7 Å². The summed E-state index contributed by atoms with van der Waals surface area (Å²) in [6, 6.07) is 0. The maximum Gasteiger partial charge on any atom is 0.466 e. The lowest BCUT2D eigenvalue weighted by atomic mass is 10.1. The van der Waals surface area contributed by atoms with Crippen LogP contribution in [0.3, 0.4) is 0 Å². The first-order chi connectivity index (χ1) is 9.83. The third-order valence-corrected chi connectivity index (χ3v) is 2.91. The van der Waals surface area contributed by atoms with Crippen LogP contribution in [0, 0.1) is 0 Å². The van der Waals surface area contributed by atoms with Gasteiger partial charge in [-0.1, -0.05) is 105 Å². The molecular formula is C16H39O4P. The lowest BCUT2D eigenvalue weighted by Gasteiger charge is -1.93. The second kappa shape index (κ2) is 22.4. The highest BCUT2D eigenvalue weighted by molar-refractivity contribution is 7.45. The van der Waals surface area contributed by atoms with Crippen molar-refractivity contribution in [3.05, 3.63) is 0 Å². The molecule has 0 aliphatic rings. The summed E-state index contributed by atoms with van der Waals surface area (Å²) >= 11 is 0. The number of rotatable bonds is 10. The Bertz CT molecular complexity index is 172. The molecule has 0 amide bonds. The van der Waals surface area contributed by atoms with Gasteiger partial charge in [0, 0.05) is 0 Å². The lowest BCUT2D eigenvalue weighted by Crippen LogP contribution is -1.73. The molecule has 0 unspecified atom stereocenters. The molecule has 4 nitrogen and oxygen atoms in total. The highest BCUT2D eigenvalue weighted by Gasteiger charge is 2.00. The van der Waals surface area contributed by atoms with Gasteiger partial charge in [-0.2, -0.15) is 0 Å². The van der Waals surface area contributed by atoms with E-state index in [1.54, 1.807) is 0 Å². The zero-order chi connectivity index (χ0) is 17.0. The van der Waals surface area contributed by atoms with E-state index < -0.39 is 7.82 Å². The largest absolute Gasteiger partial charge is 0.466 e. The van der Waals surface area contributed by atoms with Gasteiger partial charge in [0.05, 0.1) is 0 Å². The third kappa shape index (κ3) is 64.5. The van der Waals surface area contributed by atoms with Crippen LogP contribution in [-0.4, -0.2) is 14.7 Å². The first kappa shape index (κ1) is 26.0. The third-order valence-electron chi connectivity index (χ3n) is 2.91. The molecule has 0 aliphatic heterocycles. The number of phosphoric acid groups is 1. The first-order valence-electron chi connectivity index (χ1n) is 8.61. The van der Waals surface area contributed by atoms with Crippen LogP contribution in [0.15, 0.2) is 0 Å². The lowest BCUT2D eigenvalue weighted by molar-refractivity contribution is 0.275. The van der Waals surface area contributed by atoms with Crippen LogP contribution in [0.4, 0.5) is 0 Å². The minimum Gasteiger partial charge on any atom is -0.303 e. The van der Waals surface area contributed by atoms with E-state index in [1.807, 2.05) is 0 Å². The van der Waals surface area contributed by atoms with Crippen LogP contribution in [-0.2, 0) is 4.57 Å². The second-order valence-corrected chi connectivity index (χ2v) is 6.37. The number of unbranched alkanes of at least 4 members (excludes halogenated alkanes) is 10. The summed E-state index contributed by atoms with van der Waals surface area (Å²) in [7, 11) is -4.64. The molecule has 0 rings (SSSR count). The van der Waals surface area contributed by atoms with Crippen LogP contribution in [0.1, 0.15) is 105 Å². The molecule has 132 valence electrons. The van der Waals surface area contributed by atoms with Gasteiger partial charge in [-0.3, -0.25) is 0 Å². The van der Waals surface area contributed by atoms with E-state index in [2.05, 4.69) is 27.7 Å². The Balaban J connectivity index is -0.000000239. The average molecular weight is 326 g/mol. The van der Waals surface area contributed by atoms with Gasteiger partial charge in [0.15, 0.2) is 0 Å². The first-order valence-corrected chi connectivity index (χ1v) is 10.2. The van der Waals surface area contributed by atoms with E-state index in [0.717, 1.165) is 0 Å². The van der Waals surface area contributed by atoms with Crippen molar-refractivity contribution < 1.29 is 19.2 Å². The van der Waals surface area contributed by atoms with Crippen molar-refractivity contribution in [2.24, 2.45) is 0 Å². The molecule has 0 aliphatic carbocycles. The molecule has 5 heteroatoms. The summed E-state index contributed by atoms with van der Waals surface area (Å²) in [5.74, 6) is 0. The van der Waals surface area contributed by atoms with Crippen molar-refractivity contribution in [1.29, 1.82) is 0 Å². The molecule has 0 saturated carbocycles. The van der Waals surface area contributed by atoms with Crippen LogP contribution in [0.25, 0.3) is 0 Å². The van der Waals surface area contributed by atoms with Gasteiger partial charge >= 0.3 is 7.82 Å². The van der Waals surface area contributed by atoms with Crippen molar-refractivity contribution in [3.63, 3.8) is 0 Å². The monoisotopic (exact) mass is 326 g/mol. The highest BCUT2D eigenvalue weighted by Crippen LogP contribution is 2.25. The molecule has 0 fully saturated rings. The maximum absolute atomic E-state index is 8.88. The molecule has 3 N–H and O–H groups in total. The zero-order valence-electron chi connectivity index (χ0n) is 14.7. The smallest absolute Gasteiger partial charge is 0.303 e. The Labute approximate surface area is 132 Å². The van der Waals surface area contributed by atoms with E-state index in [1.165, 1.54) is 77.0 Å². The van der Waals surface area contributed by atoms with E-state index in [0.29, 0.717) is 0 Å². The summed E-state index contributed by atoms with van der Waals surface area (Å²) < 4.78 is 8.88. The van der Waals surface area contributed by atoms with Crippen LogP contribution >= 0.6 is 7.82 Å². The van der Waals surface area contributed by atoms with E-state index in [-0.39, 0.29) is 0 Å². The Kier molecular flexibility index (Phi) is 27.8. The quantitative estimate of drug-likeness (QED) is 0.350. The molecule has 21 heavy (non-hydrogen) atoms. The number of hydrogen-bond acceptors (Lipinski definition) is 1. The molecule has 0 aromatic rings. The second-order valence-electron chi connectivity index (χ2n) is 5.34. The van der Waals surface area contributed by atoms with Crippen LogP contribution in [0.2, 0.25) is 0 Å². The average Bonchev–Trinajstić information content (AvgIpc) is 2.39. The molecule has 0 heterocycles. The predicted molar refractivity (Wildman–Crippen MR) is 92.4 cm³/mol. The molecule has 0 atom stereocenters. The van der Waals surface area contributed by atoms with Gasteiger partial charge in [-0.05, 0) is 0 Å². The van der Waals surface area contributed by atoms with Gasteiger partial charge in [-0.25, -0.2) is 4.57 Å². The van der Waals surface area contributed by atoms with Crippen molar-refractivity contribution in [1.82, 2.24) is 0 Å². The summed E-state index contributed by atoms with van der Waals surface area (Å²) in [5.41, 5.74) is 0. The van der Waals surface area contributed by atoms with Crippen molar-refractivity contribution >= 4 is 7.82 Å². The van der Waals surface area contributed by atoms with Crippen molar-refractivity contribution in [3.8, 4) is 0 Å².